The molecular formula is CH3ClOSi. The molecule has 4 heavy (non-hydrogen) atoms. The van der Waals surface area contributed by atoms with Gasteiger partial charge in [0.1, 0.15) is 0 Å². The van der Waals surface area contributed by atoms with Gasteiger partial charge in [-0.1, -0.05) is 0 Å². The fourth-order valence-electron chi connectivity index (χ4n) is 0. The minimum atomic E-state index is 0.113. The van der Waals surface area contributed by atoms with Crippen LogP contribution in [-0.2, 0) is 4.43 Å². The quantitative estimate of drug-likeness (QED) is 0.338. The molecule has 0 aromatic rings. The zero-order chi connectivity index (χ0) is 3.41. The Hall–Kier alpha value is 0.467. The SMILES string of the molecule is CO[Si]Cl. The van der Waals surface area contributed by atoms with Crippen LogP contribution >= 0.6 is 11.1 Å². The Bertz CT molecular complexity index is 10.0. The lowest BCUT2D eigenvalue weighted by Gasteiger charge is -1.69. The Morgan fingerprint density at radius 3 is 2.25 bits per heavy atom. The van der Waals surface area contributed by atoms with Crippen LogP contribution in [0.5, 0.6) is 0 Å². The maximum atomic E-state index is 4.99. The first kappa shape index (κ1) is 4.47. The van der Waals surface area contributed by atoms with E-state index in [1.165, 1.54) is 0 Å². The summed E-state index contributed by atoms with van der Waals surface area (Å²) in [5.41, 5.74) is 0. The highest BCUT2D eigenvalue weighted by atomic mass is 35.6. The lowest BCUT2D eigenvalue weighted by atomic mass is 11.8. The second-order valence-corrected chi connectivity index (χ2v) is 1.31. The van der Waals surface area contributed by atoms with Crippen LogP contribution in [0.2, 0.25) is 0 Å². The Balaban J connectivity index is 1.97. The molecule has 1 nitrogen and oxygen atoms in total. The summed E-state index contributed by atoms with van der Waals surface area (Å²) in [6.45, 7) is 0. The van der Waals surface area contributed by atoms with Gasteiger partial charge >= 0.3 is 9.07 Å². The molecule has 0 saturated heterocycles. The predicted molar refractivity (Wildman–Crippen MR) is 18.6 cm³/mol. The second kappa shape index (κ2) is 3.47. The molecule has 0 amide bonds. The molecule has 0 bridgehead atoms. The predicted octanol–water partition coefficient (Wildman–Crippen LogP) is 0.406. The molecule has 0 heterocycles. The van der Waals surface area contributed by atoms with Crippen molar-refractivity contribution in [2.24, 2.45) is 0 Å². The Morgan fingerprint density at radius 1 is 2.00 bits per heavy atom. The summed E-state index contributed by atoms with van der Waals surface area (Å²) in [7, 11) is 1.67. The fraction of sp³-hybridized carbons (Fsp3) is 1.00. The van der Waals surface area contributed by atoms with Crippen molar-refractivity contribution in [3.63, 3.8) is 0 Å². The summed E-state index contributed by atoms with van der Waals surface area (Å²) >= 11 is 4.99. The number of hydrogen-bond donors (Lipinski definition) is 0. The largest absolute Gasteiger partial charge is 0.406 e. The molecule has 0 saturated carbocycles. The molecule has 0 aromatic carbocycles. The summed E-state index contributed by atoms with van der Waals surface area (Å²) in [4.78, 5) is 0. The van der Waals surface area contributed by atoms with Crippen LogP contribution in [0.3, 0.4) is 0 Å². The van der Waals surface area contributed by atoms with Crippen molar-refractivity contribution >= 4 is 20.2 Å². The molecule has 0 N–H and O–H groups in total. The van der Waals surface area contributed by atoms with Crippen LogP contribution in [0, 0.1) is 0 Å². The normalized spacial score (nSPS) is 7.50. The van der Waals surface area contributed by atoms with Gasteiger partial charge in [0, 0.05) is 7.11 Å². The van der Waals surface area contributed by atoms with Crippen molar-refractivity contribution in [2.75, 3.05) is 7.11 Å². The minimum Gasteiger partial charge on any atom is -0.406 e. The smallest absolute Gasteiger partial charge is 0.356 e. The van der Waals surface area contributed by atoms with Crippen LogP contribution in [0.4, 0.5) is 0 Å². The van der Waals surface area contributed by atoms with E-state index in [1.807, 2.05) is 0 Å². The zero-order valence-electron chi connectivity index (χ0n) is 2.29. The highest BCUT2D eigenvalue weighted by molar-refractivity contribution is 6.89. The van der Waals surface area contributed by atoms with E-state index in [0.717, 1.165) is 0 Å². The summed E-state index contributed by atoms with van der Waals surface area (Å²) in [6, 6.07) is 0. The van der Waals surface area contributed by atoms with Crippen LogP contribution in [0.1, 0.15) is 0 Å². The maximum Gasteiger partial charge on any atom is 0.356 e. The average Bonchev–Trinajstić information content (AvgIpc) is 1.37. The lowest BCUT2D eigenvalue weighted by molar-refractivity contribution is 0.455. The first-order chi connectivity index (χ1) is 1.91. The van der Waals surface area contributed by atoms with E-state index in [-0.39, 0.29) is 9.07 Å². The van der Waals surface area contributed by atoms with Gasteiger partial charge in [0.05, 0.1) is 0 Å². The van der Waals surface area contributed by atoms with Crippen molar-refractivity contribution in [3.05, 3.63) is 0 Å². The molecular weight excluding hydrogens is 91.5 g/mol. The molecule has 3 heteroatoms. The third-order valence-corrected chi connectivity index (χ3v) is 0.694. The van der Waals surface area contributed by atoms with Crippen LogP contribution < -0.4 is 0 Å². The summed E-state index contributed by atoms with van der Waals surface area (Å²) in [5.74, 6) is 0. The van der Waals surface area contributed by atoms with E-state index in [0.29, 0.717) is 0 Å². The molecule has 0 unspecified atom stereocenters. The number of rotatable bonds is 1. The maximum absolute atomic E-state index is 4.99. The van der Waals surface area contributed by atoms with Gasteiger partial charge < -0.3 is 4.43 Å². The van der Waals surface area contributed by atoms with Crippen molar-refractivity contribution in [3.8, 4) is 0 Å². The summed E-state index contributed by atoms with van der Waals surface area (Å²) in [5, 5.41) is 0. The Morgan fingerprint density at radius 2 is 2.25 bits per heavy atom. The molecule has 0 aliphatic heterocycles. The van der Waals surface area contributed by atoms with Crippen molar-refractivity contribution in [2.45, 2.75) is 0 Å². The van der Waals surface area contributed by atoms with Gasteiger partial charge in [-0.2, -0.15) is 0 Å². The van der Waals surface area contributed by atoms with E-state index < -0.39 is 0 Å². The average molecular weight is 94.6 g/mol. The monoisotopic (exact) mass is 94.0 g/mol. The number of hydrogen-bond acceptors (Lipinski definition) is 1. The van der Waals surface area contributed by atoms with Gasteiger partial charge in [0.2, 0.25) is 0 Å². The lowest BCUT2D eigenvalue weighted by Crippen LogP contribution is -1.75. The first-order valence-corrected chi connectivity index (χ1v) is 2.72. The summed E-state index contributed by atoms with van der Waals surface area (Å²) < 4.78 is 4.33. The highest BCUT2D eigenvalue weighted by Gasteiger charge is 1.63. The Labute approximate surface area is 32.6 Å². The van der Waals surface area contributed by atoms with Gasteiger partial charge in [0.25, 0.3) is 0 Å². The van der Waals surface area contributed by atoms with Gasteiger partial charge in [-0.3, -0.25) is 0 Å². The zero-order valence-corrected chi connectivity index (χ0v) is 4.04. The third-order valence-electron chi connectivity index (χ3n) is 0.0772. The van der Waals surface area contributed by atoms with E-state index >= 15 is 0 Å². The van der Waals surface area contributed by atoms with E-state index in [4.69, 9.17) is 11.1 Å². The molecule has 0 spiro atoms. The van der Waals surface area contributed by atoms with Crippen molar-refractivity contribution in [1.29, 1.82) is 0 Å². The molecule has 2 radical (unpaired) electrons. The van der Waals surface area contributed by atoms with E-state index in [2.05, 4.69) is 4.43 Å². The van der Waals surface area contributed by atoms with Crippen molar-refractivity contribution < 1.29 is 4.43 Å². The van der Waals surface area contributed by atoms with E-state index in [9.17, 15) is 0 Å². The fourth-order valence-corrected chi connectivity index (χ4v) is 0. The van der Waals surface area contributed by atoms with Crippen LogP contribution in [-0.4, -0.2) is 16.2 Å². The molecule has 0 rings (SSSR count). The molecule has 24 valence electrons. The standard InChI is InChI=1S/CH3ClOSi/c1-3-4-2/h1H3. The van der Waals surface area contributed by atoms with Gasteiger partial charge in [0.15, 0.2) is 0 Å². The highest BCUT2D eigenvalue weighted by Crippen LogP contribution is 1.61. The van der Waals surface area contributed by atoms with Crippen LogP contribution in [0.25, 0.3) is 0 Å². The van der Waals surface area contributed by atoms with Gasteiger partial charge in [-0.15, -0.1) is 11.1 Å². The van der Waals surface area contributed by atoms with Gasteiger partial charge in [-0.05, 0) is 0 Å². The second-order valence-electron chi connectivity index (χ2n) is 0.281. The topological polar surface area (TPSA) is 9.23 Å². The number of halogens is 1. The Kier molecular flexibility index (Phi) is 3.87. The first-order valence-electron chi connectivity index (χ1n) is 0.801. The molecule has 0 fully saturated rings. The summed E-state index contributed by atoms with van der Waals surface area (Å²) in [6.07, 6.45) is 0. The molecule has 0 aliphatic rings. The molecule has 0 aromatic heterocycles. The van der Waals surface area contributed by atoms with Crippen LogP contribution in [0.15, 0.2) is 0 Å². The molecule has 0 aliphatic carbocycles. The third kappa shape index (κ3) is 2.47. The van der Waals surface area contributed by atoms with Gasteiger partial charge in [-0.25, -0.2) is 0 Å². The minimum absolute atomic E-state index is 0.113. The van der Waals surface area contributed by atoms with E-state index in [1.54, 1.807) is 7.11 Å². The van der Waals surface area contributed by atoms with Crippen molar-refractivity contribution in [1.82, 2.24) is 0 Å². The molecule has 0 atom stereocenters.